The lowest BCUT2D eigenvalue weighted by molar-refractivity contribution is 0.866. The molecule has 0 N–H and O–H groups in total. The molecule has 0 radical (unpaired) electrons. The van der Waals surface area contributed by atoms with Crippen LogP contribution in [-0.4, -0.2) is 13.1 Å². The normalized spacial score (nSPS) is 9.95. The molecule has 0 atom stereocenters. The highest BCUT2D eigenvalue weighted by molar-refractivity contribution is 5.68. The number of benzene rings is 2. The Morgan fingerprint density at radius 1 is 0.842 bits per heavy atom. The summed E-state index contributed by atoms with van der Waals surface area (Å²) < 4.78 is 0. The van der Waals surface area contributed by atoms with Crippen molar-refractivity contribution in [2.24, 2.45) is 0 Å². The van der Waals surface area contributed by atoms with Crippen LogP contribution in [0.4, 0.5) is 11.4 Å². The van der Waals surface area contributed by atoms with Gasteiger partial charge in [0.2, 0.25) is 0 Å². The van der Waals surface area contributed by atoms with Crippen LogP contribution in [0, 0.1) is 6.57 Å². The maximum Gasteiger partial charge on any atom is 0.187 e. The first-order valence-electron chi connectivity index (χ1n) is 6.61. The number of nitrogens with zero attached hydrogens (tertiary/aromatic N) is 2. The van der Waals surface area contributed by atoms with Crippen molar-refractivity contribution in [2.45, 2.75) is 13.8 Å². The lowest BCUT2D eigenvalue weighted by atomic mass is 10.0. The zero-order chi connectivity index (χ0) is 13.7. The van der Waals surface area contributed by atoms with Crippen LogP contribution in [-0.2, 0) is 0 Å². The summed E-state index contributed by atoms with van der Waals surface area (Å²) in [5, 5.41) is 0. The number of anilines is 1. The van der Waals surface area contributed by atoms with E-state index in [1.165, 1.54) is 11.3 Å². The maximum absolute atomic E-state index is 6.96. The smallest absolute Gasteiger partial charge is 0.187 e. The first-order valence-corrected chi connectivity index (χ1v) is 6.61. The van der Waals surface area contributed by atoms with Crippen molar-refractivity contribution in [1.29, 1.82) is 0 Å². The van der Waals surface area contributed by atoms with E-state index < -0.39 is 0 Å². The van der Waals surface area contributed by atoms with E-state index >= 15 is 0 Å². The number of rotatable bonds is 4. The summed E-state index contributed by atoms with van der Waals surface area (Å²) in [6.45, 7) is 13.3. The largest absolute Gasteiger partial charge is 0.372 e. The Morgan fingerprint density at radius 3 is 1.74 bits per heavy atom. The van der Waals surface area contributed by atoms with E-state index in [1.807, 2.05) is 24.3 Å². The van der Waals surface area contributed by atoms with E-state index in [0.717, 1.165) is 18.7 Å². The van der Waals surface area contributed by atoms with Gasteiger partial charge < -0.3 is 4.90 Å². The second-order valence-electron chi connectivity index (χ2n) is 4.38. The molecule has 0 aliphatic carbocycles. The van der Waals surface area contributed by atoms with Crippen LogP contribution < -0.4 is 4.90 Å². The summed E-state index contributed by atoms with van der Waals surface area (Å²) in [5.74, 6) is 0. The second-order valence-corrected chi connectivity index (χ2v) is 4.38. The van der Waals surface area contributed by atoms with Crippen LogP contribution >= 0.6 is 0 Å². The zero-order valence-corrected chi connectivity index (χ0v) is 11.4. The third kappa shape index (κ3) is 2.95. The highest BCUT2D eigenvalue weighted by Crippen LogP contribution is 2.25. The molecule has 0 unspecified atom stereocenters. The highest BCUT2D eigenvalue weighted by atomic mass is 15.1. The molecule has 2 nitrogen and oxygen atoms in total. The third-order valence-electron chi connectivity index (χ3n) is 3.33. The summed E-state index contributed by atoms with van der Waals surface area (Å²) in [5.41, 5.74) is 4.28. The molecule has 0 aliphatic rings. The molecule has 0 amide bonds. The lowest BCUT2D eigenvalue weighted by Gasteiger charge is -2.21. The first kappa shape index (κ1) is 13.2. The first-order chi connectivity index (χ1) is 9.28. The summed E-state index contributed by atoms with van der Waals surface area (Å²) in [4.78, 5) is 5.73. The summed E-state index contributed by atoms with van der Waals surface area (Å²) in [7, 11) is 0. The Kier molecular flexibility index (Phi) is 4.20. The Balaban J connectivity index is 2.24. The molecular weight excluding hydrogens is 232 g/mol. The van der Waals surface area contributed by atoms with Gasteiger partial charge in [-0.1, -0.05) is 36.4 Å². The van der Waals surface area contributed by atoms with Crippen LogP contribution in [0.2, 0.25) is 0 Å². The highest BCUT2D eigenvalue weighted by Gasteiger charge is 2.02. The molecule has 0 saturated heterocycles. The molecular formula is C17H18N2. The zero-order valence-electron chi connectivity index (χ0n) is 11.4. The summed E-state index contributed by atoms with van der Waals surface area (Å²) in [6, 6.07) is 16.3. The predicted octanol–water partition coefficient (Wildman–Crippen LogP) is 4.75. The molecule has 96 valence electrons. The van der Waals surface area contributed by atoms with Gasteiger partial charge in [0.15, 0.2) is 5.69 Å². The third-order valence-corrected chi connectivity index (χ3v) is 3.33. The van der Waals surface area contributed by atoms with E-state index in [-0.39, 0.29) is 0 Å². The van der Waals surface area contributed by atoms with Gasteiger partial charge in [0.25, 0.3) is 0 Å². The van der Waals surface area contributed by atoms with Crippen LogP contribution in [0.3, 0.4) is 0 Å². The minimum atomic E-state index is 0.684. The Morgan fingerprint density at radius 2 is 1.32 bits per heavy atom. The fourth-order valence-electron chi connectivity index (χ4n) is 2.18. The monoisotopic (exact) mass is 250 g/mol. The minimum absolute atomic E-state index is 0.684. The van der Waals surface area contributed by atoms with E-state index in [0.29, 0.717) is 5.69 Å². The van der Waals surface area contributed by atoms with Gasteiger partial charge in [0, 0.05) is 18.8 Å². The van der Waals surface area contributed by atoms with Crippen molar-refractivity contribution >= 4 is 11.4 Å². The SMILES string of the molecule is [C-]#[N+]c1ccc(-c2ccc(N(CC)CC)cc2)cc1. The topological polar surface area (TPSA) is 7.60 Å². The Bertz CT molecular complexity index is 558. The van der Waals surface area contributed by atoms with E-state index in [1.54, 1.807) is 0 Å². The molecule has 2 aromatic rings. The van der Waals surface area contributed by atoms with Gasteiger partial charge in [0.05, 0.1) is 6.57 Å². The van der Waals surface area contributed by atoms with Gasteiger partial charge in [-0.25, -0.2) is 4.85 Å². The molecule has 0 heterocycles. The van der Waals surface area contributed by atoms with E-state index in [9.17, 15) is 0 Å². The van der Waals surface area contributed by atoms with Crippen LogP contribution in [0.15, 0.2) is 48.5 Å². The van der Waals surface area contributed by atoms with E-state index in [4.69, 9.17) is 6.57 Å². The second kappa shape index (κ2) is 6.06. The molecule has 2 heteroatoms. The van der Waals surface area contributed by atoms with Gasteiger partial charge in [0.1, 0.15) is 0 Å². The molecule has 0 aliphatic heterocycles. The Hall–Kier alpha value is -2.27. The molecule has 19 heavy (non-hydrogen) atoms. The van der Waals surface area contributed by atoms with Gasteiger partial charge in [-0.3, -0.25) is 0 Å². The fourth-order valence-corrected chi connectivity index (χ4v) is 2.18. The van der Waals surface area contributed by atoms with Crippen LogP contribution in [0.1, 0.15) is 13.8 Å². The van der Waals surface area contributed by atoms with Gasteiger partial charge in [-0.05, 0) is 37.1 Å². The predicted molar refractivity (Wildman–Crippen MR) is 81.7 cm³/mol. The van der Waals surface area contributed by atoms with Gasteiger partial charge in [-0.2, -0.15) is 0 Å². The quantitative estimate of drug-likeness (QED) is 0.710. The molecule has 0 aromatic heterocycles. The average Bonchev–Trinajstić information content (AvgIpc) is 2.49. The van der Waals surface area contributed by atoms with E-state index in [2.05, 4.69) is 47.9 Å². The molecule has 0 saturated carbocycles. The molecule has 0 bridgehead atoms. The molecule has 0 spiro atoms. The average molecular weight is 250 g/mol. The standard InChI is InChI=1S/C17H18N2/c1-4-19(5-2)17-12-8-15(9-13-17)14-6-10-16(18-3)11-7-14/h6-13H,4-5H2,1-2H3. The van der Waals surface area contributed by atoms with Crippen molar-refractivity contribution in [3.8, 4) is 11.1 Å². The summed E-state index contributed by atoms with van der Waals surface area (Å²) >= 11 is 0. The van der Waals surface area contributed by atoms with Crippen molar-refractivity contribution < 1.29 is 0 Å². The van der Waals surface area contributed by atoms with Crippen molar-refractivity contribution in [2.75, 3.05) is 18.0 Å². The van der Waals surface area contributed by atoms with Crippen molar-refractivity contribution in [3.05, 3.63) is 59.9 Å². The maximum atomic E-state index is 6.96. The van der Waals surface area contributed by atoms with Gasteiger partial charge >= 0.3 is 0 Å². The molecule has 2 rings (SSSR count). The van der Waals surface area contributed by atoms with Crippen LogP contribution in [0.5, 0.6) is 0 Å². The fraction of sp³-hybridized carbons (Fsp3) is 0.235. The number of hydrogen-bond donors (Lipinski definition) is 0. The van der Waals surface area contributed by atoms with Crippen LogP contribution in [0.25, 0.3) is 16.0 Å². The minimum Gasteiger partial charge on any atom is -0.372 e. The lowest BCUT2D eigenvalue weighted by Crippen LogP contribution is -2.21. The summed E-state index contributed by atoms with van der Waals surface area (Å²) in [6.07, 6.45) is 0. The van der Waals surface area contributed by atoms with Crippen molar-refractivity contribution in [3.63, 3.8) is 0 Å². The molecule has 0 fully saturated rings. The molecule has 2 aromatic carbocycles. The van der Waals surface area contributed by atoms with Crippen molar-refractivity contribution in [1.82, 2.24) is 0 Å². The Labute approximate surface area is 115 Å². The number of hydrogen-bond acceptors (Lipinski definition) is 1. The van der Waals surface area contributed by atoms with Gasteiger partial charge in [-0.15, -0.1) is 0 Å².